The normalized spacial score (nSPS) is 17.1. The van der Waals surface area contributed by atoms with Crippen LogP contribution in [-0.2, 0) is 0 Å². The Labute approximate surface area is 107 Å². The van der Waals surface area contributed by atoms with E-state index in [4.69, 9.17) is 5.73 Å². The van der Waals surface area contributed by atoms with Crippen molar-refractivity contribution >= 4 is 16.5 Å². The van der Waals surface area contributed by atoms with E-state index in [9.17, 15) is 0 Å². The minimum absolute atomic E-state index is 0.746. The molecule has 94 valence electrons. The first-order chi connectivity index (χ1) is 8.88. The van der Waals surface area contributed by atoms with E-state index in [0.717, 1.165) is 32.6 Å². The van der Waals surface area contributed by atoms with Gasteiger partial charge in [0.05, 0.1) is 0 Å². The summed E-state index contributed by atoms with van der Waals surface area (Å²) >= 11 is 0. The van der Waals surface area contributed by atoms with Gasteiger partial charge in [-0.25, -0.2) is 0 Å². The summed E-state index contributed by atoms with van der Waals surface area (Å²) in [4.78, 5) is 5.75. The number of H-pyrrole nitrogens is 1. The predicted octanol–water partition coefficient (Wildman–Crippen LogP) is 2.22. The first-order valence-electron chi connectivity index (χ1n) is 6.56. The molecule has 2 heterocycles. The standard InChI is InChI=1S/C15H19N3/c16-7-10-18-8-5-12(6-9-18)14-11-17-15-4-2-1-3-13(14)15/h1-5,11,17H,6-10,16H2. The second-order valence-electron chi connectivity index (χ2n) is 4.82. The molecule has 1 aliphatic heterocycles. The van der Waals surface area contributed by atoms with Gasteiger partial charge in [0.2, 0.25) is 0 Å². The molecule has 3 rings (SSSR count). The van der Waals surface area contributed by atoms with Gasteiger partial charge in [-0.05, 0) is 18.1 Å². The van der Waals surface area contributed by atoms with Gasteiger partial charge >= 0.3 is 0 Å². The fourth-order valence-electron chi connectivity index (χ4n) is 2.68. The summed E-state index contributed by atoms with van der Waals surface area (Å²) in [5.41, 5.74) is 9.63. The zero-order chi connectivity index (χ0) is 12.4. The highest BCUT2D eigenvalue weighted by atomic mass is 15.1. The fourth-order valence-corrected chi connectivity index (χ4v) is 2.68. The summed E-state index contributed by atoms with van der Waals surface area (Å²) in [6, 6.07) is 8.49. The van der Waals surface area contributed by atoms with Crippen LogP contribution in [0.2, 0.25) is 0 Å². The molecule has 0 fully saturated rings. The van der Waals surface area contributed by atoms with Crippen molar-refractivity contribution in [3.05, 3.63) is 42.1 Å². The summed E-state index contributed by atoms with van der Waals surface area (Å²) in [5.74, 6) is 0. The molecular formula is C15H19N3. The van der Waals surface area contributed by atoms with Crippen LogP contribution < -0.4 is 5.73 Å². The number of hydrogen-bond acceptors (Lipinski definition) is 2. The van der Waals surface area contributed by atoms with Crippen LogP contribution in [0.3, 0.4) is 0 Å². The van der Waals surface area contributed by atoms with Gasteiger partial charge in [0.15, 0.2) is 0 Å². The number of benzene rings is 1. The molecule has 0 radical (unpaired) electrons. The van der Waals surface area contributed by atoms with Crippen molar-refractivity contribution < 1.29 is 0 Å². The number of nitrogens with two attached hydrogens (primary N) is 1. The van der Waals surface area contributed by atoms with E-state index >= 15 is 0 Å². The Morgan fingerprint density at radius 3 is 2.94 bits per heavy atom. The van der Waals surface area contributed by atoms with E-state index in [2.05, 4.69) is 46.4 Å². The van der Waals surface area contributed by atoms with Crippen molar-refractivity contribution in [1.29, 1.82) is 0 Å². The molecule has 0 saturated heterocycles. The van der Waals surface area contributed by atoms with Gasteiger partial charge in [-0.3, -0.25) is 4.90 Å². The van der Waals surface area contributed by atoms with Crippen molar-refractivity contribution in [1.82, 2.24) is 9.88 Å². The summed E-state index contributed by atoms with van der Waals surface area (Å²) in [5, 5.41) is 1.33. The van der Waals surface area contributed by atoms with Crippen LogP contribution in [0.4, 0.5) is 0 Å². The lowest BCUT2D eigenvalue weighted by molar-refractivity contribution is 0.310. The van der Waals surface area contributed by atoms with E-state index in [-0.39, 0.29) is 0 Å². The Balaban J connectivity index is 1.87. The fraction of sp³-hybridized carbons (Fsp3) is 0.333. The summed E-state index contributed by atoms with van der Waals surface area (Å²) in [7, 11) is 0. The van der Waals surface area contributed by atoms with E-state index in [1.54, 1.807) is 0 Å². The van der Waals surface area contributed by atoms with Gasteiger partial charge < -0.3 is 10.7 Å². The van der Waals surface area contributed by atoms with Crippen LogP contribution in [0, 0.1) is 0 Å². The van der Waals surface area contributed by atoms with E-state index < -0.39 is 0 Å². The largest absolute Gasteiger partial charge is 0.361 e. The van der Waals surface area contributed by atoms with Gasteiger partial charge in [-0.15, -0.1) is 0 Å². The molecule has 0 bridgehead atoms. The van der Waals surface area contributed by atoms with E-state index in [1.807, 2.05) is 0 Å². The van der Waals surface area contributed by atoms with Crippen molar-refractivity contribution in [3.8, 4) is 0 Å². The molecular weight excluding hydrogens is 222 g/mol. The highest BCUT2D eigenvalue weighted by Crippen LogP contribution is 2.28. The number of hydrogen-bond donors (Lipinski definition) is 2. The van der Waals surface area contributed by atoms with Crippen LogP contribution in [0.5, 0.6) is 0 Å². The summed E-state index contributed by atoms with van der Waals surface area (Å²) in [6.07, 6.45) is 5.59. The molecule has 0 spiro atoms. The summed E-state index contributed by atoms with van der Waals surface area (Å²) < 4.78 is 0. The second kappa shape index (κ2) is 4.96. The SMILES string of the molecule is NCCN1CC=C(c2c[nH]c3ccccc23)CC1. The first kappa shape index (κ1) is 11.5. The van der Waals surface area contributed by atoms with Crippen molar-refractivity contribution in [2.24, 2.45) is 5.73 Å². The Kier molecular flexibility index (Phi) is 3.17. The third-order valence-electron chi connectivity index (χ3n) is 3.67. The lowest BCUT2D eigenvalue weighted by Crippen LogP contribution is -2.33. The third-order valence-corrected chi connectivity index (χ3v) is 3.67. The average Bonchev–Trinajstić information content (AvgIpc) is 2.84. The van der Waals surface area contributed by atoms with Crippen LogP contribution in [0.25, 0.3) is 16.5 Å². The molecule has 3 N–H and O–H groups in total. The molecule has 0 aliphatic carbocycles. The number of nitrogens with zero attached hydrogens (tertiary/aromatic N) is 1. The molecule has 0 saturated carbocycles. The van der Waals surface area contributed by atoms with Crippen LogP contribution in [0.1, 0.15) is 12.0 Å². The molecule has 3 heteroatoms. The van der Waals surface area contributed by atoms with Crippen molar-refractivity contribution in [3.63, 3.8) is 0 Å². The highest BCUT2D eigenvalue weighted by Gasteiger charge is 2.14. The molecule has 0 amide bonds. The molecule has 3 nitrogen and oxygen atoms in total. The Morgan fingerprint density at radius 1 is 1.28 bits per heavy atom. The Morgan fingerprint density at radius 2 is 2.17 bits per heavy atom. The number of aromatic amines is 1. The summed E-state index contributed by atoms with van der Waals surface area (Å²) in [6.45, 7) is 3.88. The minimum atomic E-state index is 0.746. The van der Waals surface area contributed by atoms with E-state index in [1.165, 1.54) is 22.0 Å². The number of para-hydroxylation sites is 1. The van der Waals surface area contributed by atoms with Crippen LogP contribution >= 0.6 is 0 Å². The zero-order valence-corrected chi connectivity index (χ0v) is 10.5. The number of fused-ring (bicyclic) bond motifs is 1. The third kappa shape index (κ3) is 2.07. The van der Waals surface area contributed by atoms with Gasteiger partial charge in [-0.1, -0.05) is 24.3 Å². The monoisotopic (exact) mass is 241 g/mol. The lowest BCUT2D eigenvalue weighted by Gasteiger charge is -2.25. The molecule has 2 aromatic rings. The maximum atomic E-state index is 5.60. The minimum Gasteiger partial charge on any atom is -0.361 e. The number of aromatic nitrogens is 1. The van der Waals surface area contributed by atoms with Crippen molar-refractivity contribution in [2.75, 3.05) is 26.2 Å². The highest BCUT2D eigenvalue weighted by molar-refractivity contribution is 5.92. The number of nitrogens with one attached hydrogen (secondary N) is 1. The lowest BCUT2D eigenvalue weighted by atomic mass is 9.99. The van der Waals surface area contributed by atoms with E-state index in [0.29, 0.717) is 0 Å². The van der Waals surface area contributed by atoms with Crippen molar-refractivity contribution in [2.45, 2.75) is 6.42 Å². The van der Waals surface area contributed by atoms with Gasteiger partial charge in [-0.2, -0.15) is 0 Å². The molecule has 1 aromatic carbocycles. The van der Waals surface area contributed by atoms with Gasteiger partial charge in [0, 0.05) is 48.8 Å². The second-order valence-corrected chi connectivity index (χ2v) is 4.82. The quantitative estimate of drug-likeness (QED) is 0.865. The maximum absolute atomic E-state index is 5.60. The van der Waals surface area contributed by atoms with Crippen LogP contribution in [0.15, 0.2) is 36.5 Å². The Bertz CT molecular complexity index is 568. The zero-order valence-electron chi connectivity index (χ0n) is 10.5. The first-order valence-corrected chi connectivity index (χ1v) is 6.56. The van der Waals surface area contributed by atoms with Gasteiger partial charge in [0.25, 0.3) is 0 Å². The van der Waals surface area contributed by atoms with Crippen LogP contribution in [-0.4, -0.2) is 36.1 Å². The maximum Gasteiger partial charge on any atom is 0.0460 e. The molecule has 1 aromatic heterocycles. The topological polar surface area (TPSA) is 45.0 Å². The molecule has 0 atom stereocenters. The predicted molar refractivity (Wildman–Crippen MR) is 76.4 cm³/mol. The number of rotatable bonds is 3. The smallest absolute Gasteiger partial charge is 0.0460 e. The molecule has 0 unspecified atom stereocenters. The molecule has 18 heavy (non-hydrogen) atoms. The molecule has 1 aliphatic rings. The Hall–Kier alpha value is -1.58. The average molecular weight is 241 g/mol. The van der Waals surface area contributed by atoms with Gasteiger partial charge in [0.1, 0.15) is 0 Å².